The first kappa shape index (κ1) is 13.0. The summed E-state index contributed by atoms with van der Waals surface area (Å²) in [6.45, 7) is 0. The van der Waals surface area contributed by atoms with Crippen molar-refractivity contribution in [2.24, 2.45) is 0 Å². The van der Waals surface area contributed by atoms with Crippen molar-refractivity contribution in [1.29, 1.82) is 0 Å². The van der Waals surface area contributed by atoms with Crippen LogP contribution in [0.5, 0.6) is 5.75 Å². The standard InChI is InChI=1S/C8H3ClF6O/c9-3-1-4(7(10,11)12)6(5(16)2-3)8(13,14)15/h1-2,16H. The van der Waals surface area contributed by atoms with Gasteiger partial charge in [0.25, 0.3) is 0 Å². The molecule has 90 valence electrons. The first-order chi connectivity index (χ1) is 7.03. The van der Waals surface area contributed by atoms with Crippen LogP contribution in [-0.4, -0.2) is 5.11 Å². The van der Waals surface area contributed by atoms with Gasteiger partial charge in [-0.25, -0.2) is 0 Å². The maximum atomic E-state index is 12.3. The van der Waals surface area contributed by atoms with Gasteiger partial charge < -0.3 is 5.11 Å². The van der Waals surface area contributed by atoms with Crippen molar-refractivity contribution in [3.8, 4) is 5.75 Å². The van der Waals surface area contributed by atoms with Gasteiger partial charge >= 0.3 is 12.4 Å². The number of halogens is 7. The lowest BCUT2D eigenvalue weighted by molar-refractivity contribution is -0.163. The summed E-state index contributed by atoms with van der Waals surface area (Å²) >= 11 is 5.15. The first-order valence-corrected chi connectivity index (χ1v) is 4.08. The molecule has 0 fully saturated rings. The van der Waals surface area contributed by atoms with E-state index < -0.39 is 34.3 Å². The van der Waals surface area contributed by atoms with Crippen LogP contribution in [-0.2, 0) is 12.4 Å². The van der Waals surface area contributed by atoms with Crippen molar-refractivity contribution < 1.29 is 31.4 Å². The number of phenols is 1. The van der Waals surface area contributed by atoms with Crippen LogP contribution >= 0.6 is 11.6 Å². The van der Waals surface area contributed by atoms with Gasteiger partial charge in [0.1, 0.15) is 11.3 Å². The van der Waals surface area contributed by atoms with Crippen molar-refractivity contribution in [3.63, 3.8) is 0 Å². The third-order valence-electron chi connectivity index (χ3n) is 1.67. The Kier molecular flexibility index (Phi) is 3.02. The normalized spacial score (nSPS) is 12.9. The number of phenolic OH excluding ortho intramolecular Hbond substituents is 1. The van der Waals surface area contributed by atoms with E-state index in [1.807, 2.05) is 0 Å². The highest BCUT2D eigenvalue weighted by Gasteiger charge is 2.45. The van der Waals surface area contributed by atoms with E-state index in [2.05, 4.69) is 0 Å². The molecule has 0 amide bonds. The van der Waals surface area contributed by atoms with Crippen LogP contribution in [0.15, 0.2) is 12.1 Å². The van der Waals surface area contributed by atoms with E-state index >= 15 is 0 Å². The molecule has 0 aliphatic heterocycles. The Morgan fingerprint density at radius 3 is 1.81 bits per heavy atom. The van der Waals surface area contributed by atoms with Gasteiger partial charge in [-0.3, -0.25) is 0 Å². The molecule has 1 N–H and O–H groups in total. The van der Waals surface area contributed by atoms with E-state index in [9.17, 15) is 26.3 Å². The second kappa shape index (κ2) is 3.73. The van der Waals surface area contributed by atoms with Gasteiger partial charge in [-0.2, -0.15) is 26.3 Å². The minimum Gasteiger partial charge on any atom is -0.507 e. The maximum Gasteiger partial charge on any atom is 0.420 e. The molecule has 16 heavy (non-hydrogen) atoms. The van der Waals surface area contributed by atoms with Crippen molar-refractivity contribution in [2.75, 3.05) is 0 Å². The highest BCUT2D eigenvalue weighted by atomic mass is 35.5. The van der Waals surface area contributed by atoms with Crippen LogP contribution in [0.1, 0.15) is 11.1 Å². The summed E-state index contributed by atoms with van der Waals surface area (Å²) in [7, 11) is 0. The zero-order valence-corrected chi connectivity index (χ0v) is 8.00. The summed E-state index contributed by atoms with van der Waals surface area (Å²) in [5.74, 6) is -1.55. The largest absolute Gasteiger partial charge is 0.507 e. The van der Waals surface area contributed by atoms with E-state index in [-0.39, 0.29) is 6.07 Å². The molecule has 1 rings (SSSR count). The lowest BCUT2D eigenvalue weighted by Crippen LogP contribution is -2.16. The number of rotatable bonds is 0. The Morgan fingerprint density at radius 2 is 1.44 bits per heavy atom. The van der Waals surface area contributed by atoms with Crippen LogP contribution in [0.3, 0.4) is 0 Å². The topological polar surface area (TPSA) is 20.2 Å². The van der Waals surface area contributed by atoms with Crippen molar-refractivity contribution >= 4 is 11.6 Å². The van der Waals surface area contributed by atoms with Gasteiger partial charge in [-0.05, 0) is 12.1 Å². The molecule has 0 saturated carbocycles. The highest BCUT2D eigenvalue weighted by molar-refractivity contribution is 6.30. The lowest BCUT2D eigenvalue weighted by atomic mass is 10.1. The quantitative estimate of drug-likeness (QED) is 0.700. The zero-order chi connectivity index (χ0) is 12.7. The summed E-state index contributed by atoms with van der Waals surface area (Å²) in [4.78, 5) is 0. The molecule has 0 unspecified atom stereocenters. The summed E-state index contributed by atoms with van der Waals surface area (Å²) in [5, 5.41) is 8.24. The molecule has 0 bridgehead atoms. The predicted octanol–water partition coefficient (Wildman–Crippen LogP) is 4.08. The minimum atomic E-state index is -5.31. The van der Waals surface area contributed by atoms with Crippen molar-refractivity contribution in [3.05, 3.63) is 28.3 Å². The first-order valence-electron chi connectivity index (χ1n) is 3.70. The summed E-state index contributed by atoms with van der Waals surface area (Å²) in [6, 6.07) is 0.518. The number of alkyl halides is 6. The zero-order valence-electron chi connectivity index (χ0n) is 7.25. The molecule has 0 heterocycles. The van der Waals surface area contributed by atoms with E-state index in [4.69, 9.17) is 16.7 Å². The van der Waals surface area contributed by atoms with E-state index in [1.165, 1.54) is 0 Å². The van der Waals surface area contributed by atoms with Gasteiger partial charge in [0.15, 0.2) is 0 Å². The molecule has 1 aromatic rings. The number of benzene rings is 1. The third kappa shape index (κ3) is 2.52. The van der Waals surface area contributed by atoms with Crippen LogP contribution in [0.25, 0.3) is 0 Å². The molecule has 0 radical (unpaired) electrons. The maximum absolute atomic E-state index is 12.3. The van der Waals surface area contributed by atoms with Gasteiger partial charge in [-0.1, -0.05) is 11.6 Å². The fraction of sp³-hybridized carbons (Fsp3) is 0.250. The number of hydrogen-bond donors (Lipinski definition) is 1. The fourth-order valence-corrected chi connectivity index (χ4v) is 1.33. The molecule has 0 atom stereocenters. The lowest BCUT2D eigenvalue weighted by Gasteiger charge is -2.16. The van der Waals surface area contributed by atoms with Crippen LogP contribution in [0.2, 0.25) is 5.02 Å². The minimum absolute atomic E-state index is 0.115. The van der Waals surface area contributed by atoms with Crippen LogP contribution in [0.4, 0.5) is 26.3 Å². The summed E-state index contributed by atoms with van der Waals surface area (Å²) in [6.07, 6.45) is -10.5. The van der Waals surface area contributed by atoms with Crippen molar-refractivity contribution in [1.82, 2.24) is 0 Å². The molecular weight excluding hydrogens is 262 g/mol. The molecule has 1 aromatic carbocycles. The van der Waals surface area contributed by atoms with Crippen LogP contribution in [0, 0.1) is 0 Å². The molecule has 0 aliphatic carbocycles. The smallest absolute Gasteiger partial charge is 0.420 e. The average Bonchev–Trinajstić information content (AvgIpc) is 1.97. The van der Waals surface area contributed by atoms with Gasteiger partial charge in [0, 0.05) is 5.02 Å². The Bertz CT molecular complexity index is 408. The predicted molar refractivity (Wildman–Crippen MR) is 43.1 cm³/mol. The molecule has 0 spiro atoms. The van der Waals surface area contributed by atoms with E-state index in [1.54, 1.807) is 0 Å². The number of hydrogen-bond acceptors (Lipinski definition) is 1. The van der Waals surface area contributed by atoms with Gasteiger partial charge in [0.05, 0.1) is 5.56 Å². The van der Waals surface area contributed by atoms with Crippen LogP contribution < -0.4 is 0 Å². The molecule has 1 nitrogen and oxygen atoms in total. The molecule has 0 aromatic heterocycles. The summed E-state index contributed by atoms with van der Waals surface area (Å²) in [5.41, 5.74) is -4.14. The fourth-order valence-electron chi connectivity index (χ4n) is 1.11. The van der Waals surface area contributed by atoms with E-state index in [0.717, 1.165) is 0 Å². The monoisotopic (exact) mass is 264 g/mol. The Balaban J connectivity index is 3.58. The highest BCUT2D eigenvalue weighted by Crippen LogP contribution is 2.45. The van der Waals surface area contributed by atoms with Gasteiger partial charge in [-0.15, -0.1) is 0 Å². The Hall–Kier alpha value is -1.11. The summed E-state index contributed by atoms with van der Waals surface area (Å²) < 4.78 is 73.6. The molecule has 0 saturated heterocycles. The SMILES string of the molecule is Oc1cc(Cl)cc(C(F)(F)F)c1C(F)(F)F. The number of aromatic hydroxyl groups is 1. The van der Waals surface area contributed by atoms with Crippen molar-refractivity contribution in [2.45, 2.75) is 12.4 Å². The molecule has 8 heteroatoms. The Morgan fingerprint density at radius 1 is 0.938 bits per heavy atom. The average molecular weight is 265 g/mol. The van der Waals surface area contributed by atoms with Gasteiger partial charge in [0.2, 0.25) is 0 Å². The third-order valence-corrected chi connectivity index (χ3v) is 1.89. The second-order valence-electron chi connectivity index (χ2n) is 2.84. The molecular formula is C8H3ClF6O. The van der Waals surface area contributed by atoms with E-state index in [0.29, 0.717) is 6.07 Å². The molecule has 0 aliphatic rings. The Labute approximate surface area is 90.3 Å². The second-order valence-corrected chi connectivity index (χ2v) is 3.28.